The topological polar surface area (TPSA) is 72.7 Å². The highest BCUT2D eigenvalue weighted by Crippen LogP contribution is 2.26. The maximum Gasteiger partial charge on any atom is 0.236 e. The van der Waals surface area contributed by atoms with Gasteiger partial charge in [0.2, 0.25) is 5.91 Å². The van der Waals surface area contributed by atoms with Crippen molar-refractivity contribution in [1.29, 1.82) is 0 Å². The first-order valence-corrected chi connectivity index (χ1v) is 9.85. The molecule has 1 N–H and O–H groups in total. The number of anilines is 1. The zero-order chi connectivity index (χ0) is 17.8. The van der Waals surface area contributed by atoms with Crippen LogP contribution in [-0.2, 0) is 11.3 Å². The fourth-order valence-corrected chi connectivity index (χ4v) is 3.92. The number of thiazole rings is 1. The summed E-state index contributed by atoms with van der Waals surface area (Å²) in [7, 11) is 0. The molecular formula is C16H16ClN5OS2. The fraction of sp³-hybridized carbons (Fsp3) is 0.250. The second kappa shape index (κ2) is 7.99. The fourth-order valence-electron chi connectivity index (χ4n) is 2.22. The van der Waals surface area contributed by atoms with Crippen molar-refractivity contribution in [2.45, 2.75) is 25.5 Å². The normalized spacial score (nSPS) is 10.8. The minimum atomic E-state index is -0.116. The Morgan fingerprint density at radius 3 is 2.92 bits per heavy atom. The molecule has 0 saturated carbocycles. The van der Waals surface area contributed by atoms with Crippen molar-refractivity contribution in [3.63, 3.8) is 0 Å². The molecule has 6 nitrogen and oxygen atoms in total. The Labute approximate surface area is 158 Å². The number of thioether (sulfide) groups is 1. The Kier molecular flexibility index (Phi) is 5.72. The van der Waals surface area contributed by atoms with E-state index in [1.165, 1.54) is 23.1 Å². The molecule has 9 heteroatoms. The van der Waals surface area contributed by atoms with Crippen LogP contribution in [0.5, 0.6) is 0 Å². The molecular weight excluding hydrogens is 378 g/mol. The molecule has 130 valence electrons. The van der Waals surface area contributed by atoms with E-state index in [2.05, 4.69) is 20.5 Å². The van der Waals surface area contributed by atoms with Crippen molar-refractivity contribution < 1.29 is 4.79 Å². The van der Waals surface area contributed by atoms with E-state index in [4.69, 9.17) is 11.6 Å². The van der Waals surface area contributed by atoms with Gasteiger partial charge in [0.05, 0.1) is 11.4 Å². The average Bonchev–Trinajstić information content (AvgIpc) is 3.18. The Bertz CT molecular complexity index is 892. The maximum absolute atomic E-state index is 12.1. The van der Waals surface area contributed by atoms with E-state index in [-0.39, 0.29) is 11.7 Å². The first-order valence-electron chi connectivity index (χ1n) is 7.60. The van der Waals surface area contributed by atoms with Crippen molar-refractivity contribution in [1.82, 2.24) is 19.7 Å². The van der Waals surface area contributed by atoms with Gasteiger partial charge in [0.25, 0.3) is 0 Å². The van der Waals surface area contributed by atoms with Gasteiger partial charge in [-0.05, 0) is 26.0 Å². The predicted octanol–water partition coefficient (Wildman–Crippen LogP) is 4.11. The third kappa shape index (κ3) is 4.39. The predicted molar refractivity (Wildman–Crippen MR) is 102 cm³/mol. The summed E-state index contributed by atoms with van der Waals surface area (Å²) in [6.07, 6.45) is 0. The lowest BCUT2D eigenvalue weighted by Gasteiger charge is -2.07. The Balaban J connectivity index is 1.69. The highest BCUT2D eigenvalue weighted by atomic mass is 35.5. The van der Waals surface area contributed by atoms with Crippen LogP contribution < -0.4 is 5.32 Å². The van der Waals surface area contributed by atoms with Crippen LogP contribution in [0.15, 0.2) is 34.8 Å². The summed E-state index contributed by atoms with van der Waals surface area (Å²) < 4.78 is 1.97. The summed E-state index contributed by atoms with van der Waals surface area (Å²) in [5, 5.41) is 15.1. The maximum atomic E-state index is 12.1. The molecule has 0 aliphatic carbocycles. The van der Waals surface area contributed by atoms with Crippen LogP contribution in [0, 0.1) is 6.92 Å². The molecule has 0 aliphatic heterocycles. The number of nitrogens with one attached hydrogen (secondary N) is 1. The van der Waals surface area contributed by atoms with Crippen LogP contribution in [-0.4, -0.2) is 31.4 Å². The van der Waals surface area contributed by atoms with Gasteiger partial charge in [0, 0.05) is 22.5 Å². The SMILES string of the molecule is CCn1c(SCC(=O)Nc2nc(C)cs2)nnc1-c1cccc(Cl)c1. The van der Waals surface area contributed by atoms with E-state index >= 15 is 0 Å². The molecule has 0 atom stereocenters. The van der Waals surface area contributed by atoms with Gasteiger partial charge >= 0.3 is 0 Å². The number of amides is 1. The zero-order valence-electron chi connectivity index (χ0n) is 13.7. The molecule has 0 bridgehead atoms. The number of rotatable bonds is 6. The quantitative estimate of drug-likeness (QED) is 0.638. The number of benzene rings is 1. The smallest absolute Gasteiger partial charge is 0.236 e. The number of nitrogens with zero attached hydrogens (tertiary/aromatic N) is 4. The van der Waals surface area contributed by atoms with E-state index in [0.29, 0.717) is 21.9 Å². The van der Waals surface area contributed by atoms with Crippen molar-refractivity contribution >= 4 is 45.7 Å². The number of hydrogen-bond acceptors (Lipinski definition) is 6. The first kappa shape index (κ1) is 17.9. The second-order valence-electron chi connectivity index (χ2n) is 5.19. The average molecular weight is 394 g/mol. The largest absolute Gasteiger partial charge is 0.302 e. The second-order valence-corrected chi connectivity index (χ2v) is 7.43. The van der Waals surface area contributed by atoms with E-state index in [0.717, 1.165) is 17.1 Å². The van der Waals surface area contributed by atoms with Gasteiger partial charge in [-0.1, -0.05) is 35.5 Å². The molecule has 1 aromatic carbocycles. The van der Waals surface area contributed by atoms with Crippen LogP contribution in [0.1, 0.15) is 12.6 Å². The summed E-state index contributed by atoms with van der Waals surface area (Å²) in [5.74, 6) is 0.865. The molecule has 2 heterocycles. The molecule has 0 spiro atoms. The Morgan fingerprint density at radius 1 is 1.40 bits per heavy atom. The summed E-state index contributed by atoms with van der Waals surface area (Å²) in [4.78, 5) is 16.3. The molecule has 0 radical (unpaired) electrons. The summed E-state index contributed by atoms with van der Waals surface area (Å²) >= 11 is 8.82. The summed E-state index contributed by atoms with van der Waals surface area (Å²) in [5.41, 5.74) is 1.79. The van der Waals surface area contributed by atoms with Crippen molar-refractivity contribution in [2.24, 2.45) is 0 Å². The molecule has 3 rings (SSSR count). The van der Waals surface area contributed by atoms with Gasteiger partial charge in [-0.15, -0.1) is 21.5 Å². The lowest BCUT2D eigenvalue weighted by Crippen LogP contribution is -2.14. The highest BCUT2D eigenvalue weighted by Gasteiger charge is 2.15. The molecule has 0 saturated heterocycles. The minimum absolute atomic E-state index is 0.116. The lowest BCUT2D eigenvalue weighted by molar-refractivity contribution is -0.113. The number of halogens is 1. The standard InChI is InChI=1S/C16H16ClN5OS2/c1-3-22-14(11-5-4-6-12(17)7-11)20-21-16(22)25-9-13(23)19-15-18-10(2)8-24-15/h4-8H,3,9H2,1-2H3,(H,18,19,23). The summed E-state index contributed by atoms with van der Waals surface area (Å²) in [6, 6.07) is 7.48. The minimum Gasteiger partial charge on any atom is -0.302 e. The van der Waals surface area contributed by atoms with Crippen LogP contribution in [0.3, 0.4) is 0 Å². The van der Waals surface area contributed by atoms with Crippen LogP contribution >= 0.6 is 34.7 Å². The van der Waals surface area contributed by atoms with Crippen LogP contribution in [0.25, 0.3) is 11.4 Å². The van der Waals surface area contributed by atoms with Crippen molar-refractivity contribution in [3.05, 3.63) is 40.4 Å². The lowest BCUT2D eigenvalue weighted by atomic mass is 10.2. The van der Waals surface area contributed by atoms with Gasteiger partial charge in [0.1, 0.15) is 0 Å². The Hall–Kier alpha value is -1.90. The van der Waals surface area contributed by atoms with E-state index in [1.54, 1.807) is 0 Å². The van der Waals surface area contributed by atoms with E-state index in [1.807, 2.05) is 48.1 Å². The van der Waals surface area contributed by atoms with Crippen LogP contribution in [0.2, 0.25) is 5.02 Å². The van der Waals surface area contributed by atoms with E-state index in [9.17, 15) is 4.79 Å². The highest BCUT2D eigenvalue weighted by molar-refractivity contribution is 7.99. The molecule has 25 heavy (non-hydrogen) atoms. The van der Waals surface area contributed by atoms with Crippen molar-refractivity contribution in [3.8, 4) is 11.4 Å². The number of carbonyl (C=O) groups excluding carboxylic acids is 1. The van der Waals surface area contributed by atoms with Crippen molar-refractivity contribution in [2.75, 3.05) is 11.1 Å². The number of carbonyl (C=O) groups is 1. The molecule has 0 aliphatic rings. The monoisotopic (exact) mass is 393 g/mol. The molecule has 2 aromatic heterocycles. The zero-order valence-corrected chi connectivity index (χ0v) is 16.1. The third-order valence-corrected chi connectivity index (χ3v) is 5.39. The molecule has 0 unspecified atom stereocenters. The number of aryl methyl sites for hydroxylation is 1. The van der Waals surface area contributed by atoms with Crippen LogP contribution in [0.4, 0.5) is 5.13 Å². The summed E-state index contributed by atoms with van der Waals surface area (Å²) in [6.45, 7) is 4.60. The van der Waals surface area contributed by atoms with Gasteiger partial charge in [-0.25, -0.2) is 4.98 Å². The molecule has 1 amide bonds. The van der Waals surface area contributed by atoms with Gasteiger partial charge in [-0.2, -0.15) is 0 Å². The van der Waals surface area contributed by atoms with Gasteiger partial charge in [0.15, 0.2) is 16.1 Å². The molecule has 3 aromatic rings. The molecule has 0 fully saturated rings. The third-order valence-electron chi connectivity index (χ3n) is 3.31. The number of hydrogen-bond donors (Lipinski definition) is 1. The van der Waals surface area contributed by atoms with E-state index < -0.39 is 0 Å². The van der Waals surface area contributed by atoms with Gasteiger partial charge < -0.3 is 9.88 Å². The van der Waals surface area contributed by atoms with Gasteiger partial charge in [-0.3, -0.25) is 4.79 Å². The Morgan fingerprint density at radius 2 is 2.24 bits per heavy atom. The number of aromatic nitrogens is 4. The first-order chi connectivity index (χ1) is 12.1.